The average molecular weight is 330 g/mol. The van der Waals surface area contributed by atoms with Crippen molar-refractivity contribution in [2.75, 3.05) is 13.2 Å². The third kappa shape index (κ3) is 6.92. The largest absolute Gasteiger partial charge is 0.340 e. The molecule has 1 aliphatic rings. The SMILES string of the molecule is CC[C@@H](C)OP(=S)(O[C@@H](C)CC)OP1OCCCO1. The Morgan fingerprint density at radius 2 is 1.58 bits per heavy atom. The second kappa shape index (κ2) is 9.01. The number of hydrogen-bond donors (Lipinski definition) is 0. The normalized spacial score (nSPS) is 23.8. The number of rotatable bonds is 8. The second-order valence-corrected chi connectivity index (χ2v) is 8.70. The summed E-state index contributed by atoms with van der Waals surface area (Å²) in [6, 6.07) is 0. The van der Waals surface area contributed by atoms with Crippen molar-refractivity contribution < 1.29 is 22.4 Å². The molecular weight excluding hydrogens is 306 g/mol. The van der Waals surface area contributed by atoms with E-state index < -0.39 is 15.3 Å². The molecule has 1 heterocycles. The van der Waals surface area contributed by atoms with E-state index in [1.807, 2.05) is 27.7 Å². The van der Waals surface area contributed by atoms with E-state index in [1.165, 1.54) is 0 Å². The molecule has 0 spiro atoms. The maximum absolute atomic E-state index is 5.80. The van der Waals surface area contributed by atoms with Gasteiger partial charge in [0.25, 0.3) is 0 Å². The Morgan fingerprint density at radius 1 is 1.11 bits per heavy atom. The minimum absolute atomic E-state index is 0.00493. The molecule has 1 unspecified atom stereocenters. The van der Waals surface area contributed by atoms with Crippen LogP contribution in [0.2, 0.25) is 0 Å². The Kier molecular flexibility index (Phi) is 8.50. The molecule has 1 aliphatic heterocycles. The molecule has 0 amide bonds. The second-order valence-electron chi connectivity index (χ2n) is 4.42. The zero-order chi connectivity index (χ0) is 14.3. The highest BCUT2D eigenvalue weighted by Crippen LogP contribution is 2.63. The van der Waals surface area contributed by atoms with Crippen LogP contribution < -0.4 is 0 Å². The van der Waals surface area contributed by atoms with Crippen molar-refractivity contribution in [1.82, 2.24) is 0 Å². The Labute approximate surface area is 122 Å². The first-order chi connectivity index (χ1) is 8.99. The lowest BCUT2D eigenvalue weighted by atomic mass is 10.3. The molecule has 5 nitrogen and oxygen atoms in total. The summed E-state index contributed by atoms with van der Waals surface area (Å²) >= 11 is 5.47. The van der Waals surface area contributed by atoms with Gasteiger partial charge in [-0.05, 0) is 44.9 Å². The summed E-state index contributed by atoms with van der Waals surface area (Å²) in [5.41, 5.74) is 0. The zero-order valence-corrected chi connectivity index (χ0v) is 14.6. The molecule has 114 valence electrons. The lowest BCUT2D eigenvalue weighted by molar-refractivity contribution is 0.0990. The van der Waals surface area contributed by atoms with Crippen LogP contribution in [0.5, 0.6) is 0 Å². The Morgan fingerprint density at radius 3 is 2.00 bits per heavy atom. The monoisotopic (exact) mass is 330 g/mol. The van der Waals surface area contributed by atoms with E-state index >= 15 is 0 Å². The van der Waals surface area contributed by atoms with E-state index in [9.17, 15) is 0 Å². The summed E-state index contributed by atoms with van der Waals surface area (Å²) < 4.78 is 28.2. The van der Waals surface area contributed by atoms with Crippen LogP contribution in [0.4, 0.5) is 0 Å². The average Bonchev–Trinajstić information content (AvgIpc) is 2.39. The maximum Gasteiger partial charge on any atom is 0.340 e. The third-order valence-corrected chi connectivity index (χ3v) is 7.09. The van der Waals surface area contributed by atoms with E-state index in [2.05, 4.69) is 0 Å². The van der Waals surface area contributed by atoms with Gasteiger partial charge in [-0.2, -0.15) is 0 Å². The molecule has 0 N–H and O–H groups in total. The summed E-state index contributed by atoms with van der Waals surface area (Å²) in [4.78, 5) is 0. The molecule has 0 aromatic heterocycles. The molecule has 0 aromatic carbocycles. The van der Waals surface area contributed by atoms with E-state index in [4.69, 9.17) is 34.2 Å². The van der Waals surface area contributed by atoms with Crippen molar-refractivity contribution in [3.63, 3.8) is 0 Å². The fraction of sp³-hybridized carbons (Fsp3) is 1.00. The van der Waals surface area contributed by atoms with Crippen molar-refractivity contribution in [2.45, 2.75) is 59.2 Å². The first-order valence-electron chi connectivity index (χ1n) is 6.71. The molecule has 3 atom stereocenters. The molecule has 0 bridgehead atoms. The smallest absolute Gasteiger partial charge is 0.312 e. The van der Waals surface area contributed by atoms with Gasteiger partial charge in [0.05, 0.1) is 25.4 Å². The van der Waals surface area contributed by atoms with Crippen molar-refractivity contribution >= 4 is 27.1 Å². The van der Waals surface area contributed by atoms with Gasteiger partial charge in [0.2, 0.25) is 0 Å². The first-order valence-corrected chi connectivity index (χ1v) is 10.4. The topological polar surface area (TPSA) is 46.2 Å². The lowest BCUT2D eigenvalue weighted by Crippen LogP contribution is -2.14. The van der Waals surface area contributed by atoms with Gasteiger partial charge >= 0.3 is 15.3 Å². The van der Waals surface area contributed by atoms with Crippen molar-refractivity contribution in [1.29, 1.82) is 0 Å². The van der Waals surface area contributed by atoms with Gasteiger partial charge in [0, 0.05) is 0 Å². The van der Waals surface area contributed by atoms with Gasteiger partial charge in [-0.3, -0.25) is 0 Å². The Balaban J connectivity index is 2.63. The van der Waals surface area contributed by atoms with Crippen LogP contribution in [0.15, 0.2) is 0 Å². The summed E-state index contributed by atoms with van der Waals surface area (Å²) in [7, 11) is -1.44. The highest BCUT2D eigenvalue weighted by atomic mass is 32.5. The van der Waals surface area contributed by atoms with Crippen LogP contribution in [-0.4, -0.2) is 25.4 Å². The number of hydrogen-bond acceptors (Lipinski definition) is 6. The van der Waals surface area contributed by atoms with Gasteiger partial charge in [-0.1, -0.05) is 13.8 Å². The van der Waals surface area contributed by atoms with E-state index in [-0.39, 0.29) is 12.2 Å². The highest BCUT2D eigenvalue weighted by molar-refractivity contribution is 8.08. The molecule has 0 radical (unpaired) electrons. The predicted octanol–water partition coefficient (Wildman–Crippen LogP) is 4.52. The van der Waals surface area contributed by atoms with Crippen LogP contribution in [0.3, 0.4) is 0 Å². The molecule has 0 aromatic rings. The molecule has 0 saturated carbocycles. The predicted molar refractivity (Wildman–Crippen MR) is 80.5 cm³/mol. The van der Waals surface area contributed by atoms with Crippen molar-refractivity contribution in [3.8, 4) is 0 Å². The van der Waals surface area contributed by atoms with Gasteiger partial charge in [0.1, 0.15) is 0 Å². The van der Waals surface area contributed by atoms with Crippen LogP contribution in [0.1, 0.15) is 47.0 Å². The molecule has 19 heavy (non-hydrogen) atoms. The van der Waals surface area contributed by atoms with Gasteiger partial charge in [-0.25, -0.2) is 4.31 Å². The van der Waals surface area contributed by atoms with E-state index in [1.54, 1.807) is 0 Å². The quantitative estimate of drug-likeness (QED) is 0.610. The van der Waals surface area contributed by atoms with Gasteiger partial charge in [-0.15, -0.1) is 0 Å². The van der Waals surface area contributed by atoms with Crippen LogP contribution in [0.25, 0.3) is 0 Å². The Hall–Kier alpha value is 0.880. The standard InChI is InChI=1S/C11H24O5P2S/c1-5-10(3)14-18(19,15-11(4)6-2)16-17-12-8-7-9-13-17/h10-11H,5-9H2,1-4H3/t10-,11+,18?. The van der Waals surface area contributed by atoms with E-state index in [0.717, 1.165) is 19.3 Å². The fourth-order valence-corrected chi connectivity index (χ4v) is 5.73. The van der Waals surface area contributed by atoms with E-state index in [0.29, 0.717) is 13.2 Å². The molecular formula is C11H24O5P2S. The summed E-state index contributed by atoms with van der Waals surface area (Å²) in [5.74, 6) is 0. The molecule has 1 saturated heterocycles. The fourth-order valence-electron chi connectivity index (χ4n) is 1.16. The maximum atomic E-state index is 5.80. The van der Waals surface area contributed by atoms with Crippen LogP contribution >= 0.6 is 15.3 Å². The molecule has 8 heteroatoms. The van der Waals surface area contributed by atoms with Gasteiger partial charge in [0.15, 0.2) is 0 Å². The summed E-state index contributed by atoms with van der Waals surface area (Å²) in [5, 5.41) is 0. The third-order valence-electron chi connectivity index (χ3n) is 2.62. The molecule has 1 rings (SSSR count). The van der Waals surface area contributed by atoms with Crippen molar-refractivity contribution in [2.24, 2.45) is 0 Å². The molecule has 0 aliphatic carbocycles. The zero-order valence-electron chi connectivity index (χ0n) is 12.0. The minimum Gasteiger partial charge on any atom is -0.312 e. The van der Waals surface area contributed by atoms with Gasteiger partial charge < -0.3 is 18.1 Å². The van der Waals surface area contributed by atoms with Crippen LogP contribution in [-0.2, 0) is 34.2 Å². The molecule has 1 fully saturated rings. The summed E-state index contributed by atoms with van der Waals surface area (Å²) in [6.07, 6.45) is 2.57. The van der Waals surface area contributed by atoms with Crippen molar-refractivity contribution in [3.05, 3.63) is 0 Å². The van der Waals surface area contributed by atoms with Crippen LogP contribution in [0, 0.1) is 0 Å². The minimum atomic E-state index is -2.82. The highest BCUT2D eigenvalue weighted by Gasteiger charge is 2.32. The first kappa shape index (κ1) is 17.9. The lowest BCUT2D eigenvalue weighted by Gasteiger charge is -2.30. The Bertz CT molecular complexity index is 283. The summed E-state index contributed by atoms with van der Waals surface area (Å²) in [6.45, 7) is 6.43.